The Morgan fingerprint density at radius 3 is 2.00 bits per heavy atom. The minimum atomic E-state index is -1.44. The molecular weight excluding hydrogens is 194 g/mol. The summed E-state index contributed by atoms with van der Waals surface area (Å²) in [5.41, 5.74) is 4.91. The second-order valence-corrected chi connectivity index (χ2v) is 1.84. The zero-order valence-electron chi connectivity index (χ0n) is 6.41. The van der Waals surface area contributed by atoms with E-state index in [1.54, 1.807) is 0 Å². The number of rotatable bonds is 4. The first-order valence-corrected chi connectivity index (χ1v) is 2.70. The molecule has 0 aliphatic rings. The monoisotopic (exact) mass is 203 g/mol. The Bertz CT molecular complexity index is 151. The molecule has 0 aliphatic heterocycles. The van der Waals surface area contributed by atoms with Gasteiger partial charge in [-0.1, -0.05) is 0 Å². The van der Waals surface area contributed by atoms with Gasteiger partial charge in [-0.05, 0) is 12.8 Å². The van der Waals surface area contributed by atoms with Crippen molar-refractivity contribution in [3.63, 3.8) is 0 Å². The van der Waals surface area contributed by atoms with E-state index < -0.39 is 18.0 Å². The van der Waals surface area contributed by atoms with Crippen LogP contribution < -0.4 is 15.9 Å². The van der Waals surface area contributed by atoms with Crippen molar-refractivity contribution in [2.75, 3.05) is 0 Å². The Morgan fingerprint density at radius 1 is 1.33 bits per heavy atom. The van der Waals surface area contributed by atoms with Crippen LogP contribution in [0.2, 0.25) is 0 Å². The van der Waals surface area contributed by atoms with Crippen molar-refractivity contribution in [3.8, 4) is 0 Å². The quantitative estimate of drug-likeness (QED) is 0.458. The zero-order valence-corrected chi connectivity index (χ0v) is 8.62. The van der Waals surface area contributed by atoms with Crippen LogP contribution in [0.1, 0.15) is 12.8 Å². The summed E-state index contributed by atoms with van der Waals surface area (Å²) >= 11 is 0. The molecule has 4 N–H and O–H groups in total. The molecule has 1 atom stereocenters. The summed E-state index contributed by atoms with van der Waals surface area (Å²) in [5.74, 6) is -2.75. The SMILES string of the molecule is N[C@@H](CCC(=O)[O-])C(=O)[O-].O.[Ca+2]. The van der Waals surface area contributed by atoms with Gasteiger partial charge in [-0.3, -0.25) is 0 Å². The van der Waals surface area contributed by atoms with E-state index >= 15 is 0 Å². The number of aliphatic carboxylic acids is 2. The van der Waals surface area contributed by atoms with E-state index in [0.717, 1.165) is 0 Å². The molecule has 0 saturated heterocycles. The molecule has 0 fully saturated rings. The van der Waals surface area contributed by atoms with Crippen molar-refractivity contribution in [3.05, 3.63) is 0 Å². The Labute approximate surface area is 99.0 Å². The van der Waals surface area contributed by atoms with E-state index in [1.165, 1.54) is 0 Å². The number of carbonyl (C=O) groups excluding carboxylic acids is 2. The Balaban J connectivity index is -0.000000405. The molecule has 0 aromatic rings. The van der Waals surface area contributed by atoms with Crippen molar-refractivity contribution >= 4 is 49.7 Å². The van der Waals surface area contributed by atoms with Crippen molar-refractivity contribution in [1.82, 2.24) is 0 Å². The molecule has 0 aromatic heterocycles. The summed E-state index contributed by atoms with van der Waals surface area (Å²) < 4.78 is 0. The molecule has 0 aliphatic carbocycles. The van der Waals surface area contributed by atoms with Gasteiger partial charge in [-0.25, -0.2) is 0 Å². The van der Waals surface area contributed by atoms with E-state index in [4.69, 9.17) is 5.73 Å². The number of nitrogens with two attached hydrogens (primary N) is 1. The minimum Gasteiger partial charge on any atom is -0.550 e. The molecule has 12 heavy (non-hydrogen) atoms. The summed E-state index contributed by atoms with van der Waals surface area (Å²) in [6, 6.07) is -1.21. The molecule has 0 unspecified atom stereocenters. The number of carbonyl (C=O) groups is 2. The smallest absolute Gasteiger partial charge is 0.550 e. The van der Waals surface area contributed by atoms with Crippen LogP contribution in [0.25, 0.3) is 0 Å². The Kier molecular flexibility index (Phi) is 13.8. The molecule has 0 rings (SSSR count). The molecule has 0 heterocycles. The first kappa shape index (κ1) is 18.0. The molecule has 0 radical (unpaired) electrons. The third-order valence-corrected chi connectivity index (χ3v) is 0.962. The molecule has 0 amide bonds. The van der Waals surface area contributed by atoms with Crippen LogP contribution >= 0.6 is 0 Å². The third-order valence-electron chi connectivity index (χ3n) is 0.962. The van der Waals surface area contributed by atoms with Gasteiger partial charge in [0, 0.05) is 12.0 Å². The average molecular weight is 203 g/mol. The van der Waals surface area contributed by atoms with E-state index in [2.05, 4.69) is 0 Å². The first-order chi connectivity index (χ1) is 4.54. The maximum atomic E-state index is 9.86. The standard InChI is InChI=1S/C5H9NO4.Ca.H2O/c6-3(5(9)10)1-2-4(7)8;;/h3H,1-2,6H2,(H,7,8)(H,9,10);;1H2/q;+2;/p-2/t3-;;/m0../s1. The predicted molar refractivity (Wildman–Crippen MR) is 36.6 cm³/mol. The van der Waals surface area contributed by atoms with Gasteiger partial charge in [0.05, 0.1) is 5.97 Å². The largest absolute Gasteiger partial charge is 2.00 e. The van der Waals surface area contributed by atoms with Crippen LogP contribution in [-0.2, 0) is 9.59 Å². The van der Waals surface area contributed by atoms with Gasteiger partial charge in [-0.15, -0.1) is 0 Å². The second kappa shape index (κ2) is 9.21. The minimum absolute atomic E-state index is 0. The van der Waals surface area contributed by atoms with Gasteiger partial charge in [0.1, 0.15) is 0 Å². The number of carboxylic acids is 2. The fourth-order valence-corrected chi connectivity index (χ4v) is 0.391. The maximum Gasteiger partial charge on any atom is 2.00 e. The van der Waals surface area contributed by atoms with E-state index in [0.29, 0.717) is 0 Å². The molecule has 6 nitrogen and oxygen atoms in total. The van der Waals surface area contributed by atoms with E-state index in [1.807, 2.05) is 0 Å². The summed E-state index contributed by atoms with van der Waals surface area (Å²) in [7, 11) is 0. The van der Waals surface area contributed by atoms with Gasteiger partial charge in [0.25, 0.3) is 0 Å². The van der Waals surface area contributed by atoms with Crippen LogP contribution in [0.15, 0.2) is 0 Å². The van der Waals surface area contributed by atoms with Crippen molar-refractivity contribution in [2.24, 2.45) is 5.73 Å². The van der Waals surface area contributed by atoms with Crippen LogP contribution in [0.3, 0.4) is 0 Å². The topological polar surface area (TPSA) is 138 Å². The molecule has 0 spiro atoms. The first-order valence-electron chi connectivity index (χ1n) is 2.70. The van der Waals surface area contributed by atoms with E-state index in [-0.39, 0.29) is 56.1 Å². The summed E-state index contributed by atoms with van der Waals surface area (Å²) in [6.07, 6.45) is -0.500. The van der Waals surface area contributed by atoms with Crippen molar-refractivity contribution in [1.29, 1.82) is 0 Å². The normalized spacial score (nSPS) is 10.4. The molecular formula is C5H9CaNO5. The van der Waals surface area contributed by atoms with Crippen molar-refractivity contribution < 1.29 is 25.3 Å². The molecule has 0 saturated carbocycles. The fraction of sp³-hybridized carbons (Fsp3) is 0.600. The number of hydrogen-bond acceptors (Lipinski definition) is 5. The Morgan fingerprint density at radius 2 is 1.75 bits per heavy atom. The fourth-order valence-electron chi connectivity index (χ4n) is 0.391. The van der Waals surface area contributed by atoms with Gasteiger partial charge < -0.3 is 31.0 Å². The molecule has 0 bridgehead atoms. The summed E-state index contributed by atoms with van der Waals surface area (Å²) in [6.45, 7) is 0. The second-order valence-electron chi connectivity index (χ2n) is 1.84. The van der Waals surface area contributed by atoms with Crippen LogP contribution in [0.4, 0.5) is 0 Å². The number of carboxylic acid groups (broad SMARTS) is 2. The predicted octanol–water partition coefficient (Wildman–Crippen LogP) is -4.61. The van der Waals surface area contributed by atoms with Crippen LogP contribution in [0, 0.1) is 0 Å². The van der Waals surface area contributed by atoms with Gasteiger partial charge >= 0.3 is 37.7 Å². The Hall–Kier alpha value is 0.120. The van der Waals surface area contributed by atoms with Gasteiger partial charge in [-0.2, -0.15) is 0 Å². The number of hydrogen-bond donors (Lipinski definition) is 1. The molecule has 66 valence electrons. The summed E-state index contributed by atoms with van der Waals surface area (Å²) in [4.78, 5) is 19.6. The zero-order chi connectivity index (χ0) is 8.15. The van der Waals surface area contributed by atoms with Crippen LogP contribution in [-0.4, -0.2) is 61.2 Å². The summed E-state index contributed by atoms with van der Waals surface area (Å²) in [5, 5.41) is 19.6. The van der Waals surface area contributed by atoms with Gasteiger partial charge in [0.15, 0.2) is 0 Å². The van der Waals surface area contributed by atoms with Gasteiger partial charge in [0.2, 0.25) is 0 Å². The maximum absolute atomic E-state index is 9.86. The van der Waals surface area contributed by atoms with Crippen molar-refractivity contribution in [2.45, 2.75) is 18.9 Å². The molecule has 7 heteroatoms. The van der Waals surface area contributed by atoms with E-state index in [9.17, 15) is 19.8 Å². The molecule has 0 aromatic carbocycles. The average Bonchev–Trinajstić information content (AvgIpc) is 1.82. The third kappa shape index (κ3) is 10.1. The van der Waals surface area contributed by atoms with Crippen LogP contribution in [0.5, 0.6) is 0 Å².